The van der Waals surface area contributed by atoms with Crippen molar-refractivity contribution in [3.63, 3.8) is 0 Å². The minimum Gasteiger partial charge on any atom is -0.372 e. The van der Waals surface area contributed by atoms with Crippen LogP contribution in [0.3, 0.4) is 0 Å². The minimum absolute atomic E-state index is 0.00226. The summed E-state index contributed by atoms with van der Waals surface area (Å²) in [4.78, 5) is 21.9. The van der Waals surface area contributed by atoms with Crippen LogP contribution in [0.5, 0.6) is 0 Å². The fraction of sp³-hybridized carbons (Fsp3) is 0.381. The zero-order chi connectivity index (χ0) is 19.8. The Morgan fingerprint density at radius 2 is 2.11 bits per heavy atom. The zero-order valence-electron chi connectivity index (χ0n) is 16.4. The van der Waals surface area contributed by atoms with Gasteiger partial charge in [0.05, 0.1) is 10.5 Å². The second-order valence-electron chi connectivity index (χ2n) is 7.05. The molecule has 1 aliphatic rings. The summed E-state index contributed by atoms with van der Waals surface area (Å²) in [6.07, 6.45) is 4.38. The van der Waals surface area contributed by atoms with Crippen LogP contribution in [0.4, 0.5) is 5.69 Å². The number of amides is 1. The molecule has 6 nitrogen and oxygen atoms in total. The van der Waals surface area contributed by atoms with Crippen molar-refractivity contribution in [3.05, 3.63) is 58.0 Å². The van der Waals surface area contributed by atoms with Gasteiger partial charge in [-0.2, -0.15) is 5.10 Å². The van der Waals surface area contributed by atoms with Gasteiger partial charge < -0.3 is 9.80 Å². The average Bonchev–Trinajstić information content (AvgIpc) is 3.12. The van der Waals surface area contributed by atoms with E-state index < -0.39 is 0 Å². The van der Waals surface area contributed by atoms with E-state index in [-0.39, 0.29) is 11.9 Å². The first-order valence-corrected chi connectivity index (χ1v) is 10.5. The summed E-state index contributed by atoms with van der Waals surface area (Å²) >= 11 is 3.39. The van der Waals surface area contributed by atoms with Crippen molar-refractivity contribution in [2.75, 3.05) is 24.5 Å². The van der Waals surface area contributed by atoms with E-state index in [0.29, 0.717) is 17.9 Å². The molecule has 1 aliphatic heterocycles. The summed E-state index contributed by atoms with van der Waals surface area (Å²) in [7, 11) is 0. The lowest BCUT2D eigenvalue weighted by molar-refractivity contribution is 0.0671. The first kappa shape index (κ1) is 18.9. The summed E-state index contributed by atoms with van der Waals surface area (Å²) in [5.41, 5.74) is 4.92. The van der Waals surface area contributed by atoms with Gasteiger partial charge in [0.1, 0.15) is 0 Å². The van der Waals surface area contributed by atoms with Crippen molar-refractivity contribution < 1.29 is 4.79 Å². The molecule has 4 rings (SSSR count). The molecule has 0 bridgehead atoms. The number of carbonyl (C=O) groups excluding carboxylic acids is 1. The number of nitrogens with zero attached hydrogens (tertiary/aromatic N) is 5. The normalized spacial score (nSPS) is 16.3. The van der Waals surface area contributed by atoms with E-state index >= 15 is 0 Å². The van der Waals surface area contributed by atoms with Crippen LogP contribution in [-0.4, -0.2) is 45.0 Å². The molecule has 1 amide bonds. The smallest absolute Gasteiger partial charge is 0.274 e. The van der Waals surface area contributed by atoms with Crippen LogP contribution in [0.15, 0.2) is 41.1 Å². The van der Waals surface area contributed by atoms with E-state index in [1.807, 2.05) is 11.1 Å². The number of hydrogen-bond donors (Lipinski definition) is 0. The first-order chi connectivity index (χ1) is 13.5. The number of halogens is 1. The molecule has 1 unspecified atom stereocenters. The number of hydrogen-bond acceptors (Lipinski definition) is 4. The molecular formula is C21H24BrN5O. The molecule has 0 radical (unpaired) electrons. The Morgan fingerprint density at radius 1 is 1.32 bits per heavy atom. The lowest BCUT2D eigenvalue weighted by atomic mass is 9.91. The molecule has 0 saturated carbocycles. The summed E-state index contributed by atoms with van der Waals surface area (Å²) < 4.78 is 2.47. The molecule has 0 saturated heterocycles. The fourth-order valence-corrected chi connectivity index (χ4v) is 4.41. The van der Waals surface area contributed by atoms with Crippen molar-refractivity contribution in [2.24, 2.45) is 0 Å². The van der Waals surface area contributed by atoms with Gasteiger partial charge in [0.25, 0.3) is 5.91 Å². The van der Waals surface area contributed by atoms with E-state index in [9.17, 15) is 4.79 Å². The van der Waals surface area contributed by atoms with Crippen molar-refractivity contribution in [2.45, 2.75) is 33.2 Å². The number of rotatable bonds is 4. The third-order valence-electron chi connectivity index (χ3n) is 5.55. The molecule has 7 heteroatoms. The highest BCUT2D eigenvalue weighted by Crippen LogP contribution is 2.37. The first-order valence-electron chi connectivity index (χ1n) is 9.72. The Morgan fingerprint density at radius 3 is 2.86 bits per heavy atom. The van der Waals surface area contributed by atoms with Gasteiger partial charge in [-0.15, -0.1) is 0 Å². The molecule has 0 aliphatic carbocycles. The van der Waals surface area contributed by atoms with Gasteiger partial charge in [-0.05, 0) is 54.8 Å². The highest BCUT2D eigenvalue weighted by atomic mass is 79.9. The predicted octanol–water partition coefficient (Wildman–Crippen LogP) is 4.10. The Kier molecular flexibility index (Phi) is 5.10. The zero-order valence-corrected chi connectivity index (χ0v) is 18.0. The molecule has 3 heterocycles. The summed E-state index contributed by atoms with van der Waals surface area (Å²) in [5.74, 6) is -0.0471. The number of anilines is 1. The lowest BCUT2D eigenvalue weighted by Crippen LogP contribution is -2.40. The van der Waals surface area contributed by atoms with Crippen molar-refractivity contribution in [3.8, 4) is 0 Å². The summed E-state index contributed by atoms with van der Waals surface area (Å²) in [6.45, 7) is 9.04. The maximum Gasteiger partial charge on any atom is 0.274 e. The number of benzene rings is 1. The van der Waals surface area contributed by atoms with Gasteiger partial charge in [0, 0.05) is 49.3 Å². The van der Waals surface area contributed by atoms with Crippen LogP contribution in [0.25, 0.3) is 5.65 Å². The van der Waals surface area contributed by atoms with Gasteiger partial charge in [0.15, 0.2) is 11.3 Å². The second kappa shape index (κ2) is 7.54. The predicted molar refractivity (Wildman–Crippen MR) is 114 cm³/mol. The van der Waals surface area contributed by atoms with Crippen molar-refractivity contribution in [1.29, 1.82) is 0 Å². The Labute approximate surface area is 173 Å². The van der Waals surface area contributed by atoms with Gasteiger partial charge >= 0.3 is 0 Å². The van der Waals surface area contributed by atoms with Gasteiger partial charge in [0.2, 0.25) is 0 Å². The van der Waals surface area contributed by atoms with E-state index in [0.717, 1.165) is 24.0 Å². The largest absolute Gasteiger partial charge is 0.372 e. The molecule has 146 valence electrons. The molecule has 1 atom stereocenters. The van der Waals surface area contributed by atoms with Crippen LogP contribution in [0.2, 0.25) is 0 Å². The number of fused-ring (bicyclic) bond motifs is 2. The molecule has 2 aromatic heterocycles. The average molecular weight is 442 g/mol. The minimum atomic E-state index is -0.0471. The van der Waals surface area contributed by atoms with Crippen molar-refractivity contribution >= 4 is 33.2 Å². The third kappa shape index (κ3) is 3.17. The summed E-state index contributed by atoms with van der Waals surface area (Å²) in [6, 6.07) is 8.24. The standard InChI is InChI=1S/C21H24BrN5O/c1-4-25(5-2)18-8-6-7-15-9-10-26(14(3)20(15)18)21(28)17-11-19-23-12-16(22)13-27(19)24-17/h6-8,11-14H,4-5,9-10H2,1-3H3. The maximum absolute atomic E-state index is 13.3. The number of carbonyl (C=O) groups is 1. The van der Waals surface area contributed by atoms with E-state index in [1.54, 1.807) is 16.8 Å². The Bertz CT molecular complexity index is 1030. The molecule has 3 aromatic rings. The molecule has 1 aromatic carbocycles. The molecule has 0 N–H and O–H groups in total. The monoisotopic (exact) mass is 441 g/mol. The number of aromatic nitrogens is 3. The molecule has 0 spiro atoms. The van der Waals surface area contributed by atoms with E-state index in [1.165, 1.54) is 16.8 Å². The highest BCUT2D eigenvalue weighted by Gasteiger charge is 2.32. The summed E-state index contributed by atoms with van der Waals surface area (Å²) in [5, 5.41) is 4.45. The van der Waals surface area contributed by atoms with Gasteiger partial charge in [-0.1, -0.05) is 12.1 Å². The molecule has 28 heavy (non-hydrogen) atoms. The Balaban J connectivity index is 1.70. The molecule has 0 fully saturated rings. The van der Waals surface area contributed by atoms with Gasteiger partial charge in [-0.3, -0.25) is 4.79 Å². The topological polar surface area (TPSA) is 53.7 Å². The van der Waals surface area contributed by atoms with Crippen LogP contribution >= 0.6 is 15.9 Å². The quantitative estimate of drug-likeness (QED) is 0.611. The van der Waals surface area contributed by atoms with Gasteiger partial charge in [-0.25, -0.2) is 9.50 Å². The van der Waals surface area contributed by atoms with Crippen LogP contribution in [0, 0.1) is 0 Å². The van der Waals surface area contributed by atoms with Crippen molar-refractivity contribution in [1.82, 2.24) is 19.5 Å². The highest BCUT2D eigenvalue weighted by molar-refractivity contribution is 9.10. The van der Waals surface area contributed by atoms with E-state index in [4.69, 9.17) is 0 Å². The fourth-order valence-electron chi connectivity index (χ4n) is 4.11. The SMILES string of the molecule is CCN(CC)c1cccc2c1C(C)N(C(=O)c1cc3ncc(Br)cn3n1)CC2. The van der Waals surface area contributed by atoms with Crippen LogP contribution in [-0.2, 0) is 6.42 Å². The second-order valence-corrected chi connectivity index (χ2v) is 7.97. The maximum atomic E-state index is 13.3. The van der Waals surface area contributed by atoms with Crippen LogP contribution in [0.1, 0.15) is 48.4 Å². The Hall–Kier alpha value is -2.41. The van der Waals surface area contributed by atoms with E-state index in [2.05, 4.69) is 69.9 Å². The van der Waals surface area contributed by atoms with Crippen LogP contribution < -0.4 is 4.90 Å². The third-order valence-corrected chi connectivity index (χ3v) is 5.96. The lowest BCUT2D eigenvalue weighted by Gasteiger charge is -2.38. The molecular weight excluding hydrogens is 418 g/mol.